The second kappa shape index (κ2) is 8.19. The number of halogens is 3. The third-order valence-electron chi connectivity index (χ3n) is 4.07. The number of rotatable bonds is 6. The third kappa shape index (κ3) is 4.87. The molecule has 0 aliphatic carbocycles. The van der Waals surface area contributed by atoms with Crippen LogP contribution in [0.5, 0.6) is 5.75 Å². The topological polar surface area (TPSA) is 38.3 Å². The monoisotopic (exact) mass is 380 g/mol. The summed E-state index contributed by atoms with van der Waals surface area (Å²) in [6.07, 6.45) is -0.736. The molecule has 22 heavy (non-hydrogen) atoms. The fourth-order valence-electron chi connectivity index (χ4n) is 2.75. The van der Waals surface area contributed by atoms with Crippen molar-refractivity contribution >= 4 is 15.9 Å². The Morgan fingerprint density at radius 2 is 1.73 bits per heavy atom. The minimum absolute atomic E-state index is 0.108. The summed E-state index contributed by atoms with van der Waals surface area (Å²) in [6.45, 7) is 7.92. The largest absolute Gasteiger partial charge is 0.485 e. The first-order chi connectivity index (χ1) is 10.5. The van der Waals surface area contributed by atoms with E-state index < -0.39 is 23.5 Å². The molecule has 124 valence electrons. The zero-order valence-electron chi connectivity index (χ0n) is 12.7. The quantitative estimate of drug-likeness (QED) is 0.608. The maximum Gasteiger partial charge on any atom is 0.190 e. The lowest BCUT2D eigenvalue weighted by Gasteiger charge is -2.30. The minimum Gasteiger partial charge on any atom is -0.485 e. The van der Waals surface area contributed by atoms with Crippen LogP contribution in [0.3, 0.4) is 0 Å². The molecule has 1 aromatic carbocycles. The average Bonchev–Trinajstić information content (AvgIpc) is 2.47. The van der Waals surface area contributed by atoms with Crippen molar-refractivity contribution in [3.05, 3.63) is 28.2 Å². The molecule has 1 atom stereocenters. The van der Waals surface area contributed by atoms with Gasteiger partial charge in [-0.2, -0.15) is 0 Å². The number of likely N-dealkylation sites (N-methyl/N-ethyl adjacent to an activating group) is 1. The van der Waals surface area contributed by atoms with E-state index in [0.717, 1.165) is 44.9 Å². The minimum atomic E-state index is -0.772. The van der Waals surface area contributed by atoms with Gasteiger partial charge in [-0.15, -0.1) is 0 Å². The van der Waals surface area contributed by atoms with Crippen molar-refractivity contribution in [2.24, 2.45) is 0 Å². The van der Waals surface area contributed by atoms with Gasteiger partial charge in [-0.05, 0) is 19.1 Å². The van der Waals surface area contributed by atoms with E-state index in [1.54, 1.807) is 4.90 Å². The molecule has 0 aromatic heterocycles. The predicted molar refractivity (Wildman–Crippen MR) is 82.4 cm³/mol. The summed E-state index contributed by atoms with van der Waals surface area (Å²) in [7, 11) is 0. The molecular weight excluding hydrogens is 358 g/mol. The number of nitrogens with one attached hydrogen (secondary N) is 2. The Hall–Kier alpha value is -0.760. The highest BCUT2D eigenvalue weighted by atomic mass is 79.9. The maximum absolute atomic E-state index is 13.6. The number of quaternary nitrogens is 2. The fourth-order valence-corrected chi connectivity index (χ4v) is 3.16. The number of hydrogen-bond donors (Lipinski definition) is 3. The first kappa shape index (κ1) is 17.6. The number of hydrogen-bond acceptors (Lipinski definition) is 2. The Kier molecular flexibility index (Phi) is 6.55. The average molecular weight is 381 g/mol. The van der Waals surface area contributed by atoms with Crippen LogP contribution in [-0.4, -0.2) is 57.1 Å². The first-order valence-electron chi connectivity index (χ1n) is 7.62. The molecule has 1 saturated heterocycles. The van der Waals surface area contributed by atoms with E-state index in [-0.39, 0.29) is 6.61 Å². The highest BCUT2D eigenvalue weighted by Crippen LogP contribution is 2.25. The first-order valence-corrected chi connectivity index (χ1v) is 8.41. The molecule has 1 aromatic rings. The smallest absolute Gasteiger partial charge is 0.190 e. The van der Waals surface area contributed by atoms with Crippen molar-refractivity contribution in [3.63, 3.8) is 0 Å². The van der Waals surface area contributed by atoms with Gasteiger partial charge in [0.2, 0.25) is 0 Å². The zero-order valence-corrected chi connectivity index (χ0v) is 14.3. The lowest BCUT2D eigenvalue weighted by atomic mass is 10.2. The normalized spacial score (nSPS) is 23.3. The van der Waals surface area contributed by atoms with E-state index in [1.807, 2.05) is 0 Å². The molecule has 0 saturated carbocycles. The summed E-state index contributed by atoms with van der Waals surface area (Å²) in [5, 5.41) is 10.0. The van der Waals surface area contributed by atoms with Crippen LogP contribution in [0.25, 0.3) is 0 Å². The molecule has 0 radical (unpaired) electrons. The van der Waals surface area contributed by atoms with Crippen molar-refractivity contribution in [2.75, 3.05) is 45.9 Å². The number of piperazine rings is 1. The van der Waals surface area contributed by atoms with Crippen molar-refractivity contribution in [1.29, 1.82) is 0 Å². The molecule has 3 N–H and O–H groups in total. The summed E-state index contributed by atoms with van der Waals surface area (Å²) < 4.78 is 32.7. The van der Waals surface area contributed by atoms with Gasteiger partial charge in [0.15, 0.2) is 17.4 Å². The van der Waals surface area contributed by atoms with Gasteiger partial charge in [-0.3, -0.25) is 0 Å². The highest BCUT2D eigenvalue weighted by Gasteiger charge is 2.24. The summed E-state index contributed by atoms with van der Waals surface area (Å²) in [5.41, 5.74) is 0. The van der Waals surface area contributed by atoms with Crippen molar-refractivity contribution in [2.45, 2.75) is 13.0 Å². The van der Waals surface area contributed by atoms with Gasteiger partial charge in [-0.25, -0.2) is 8.78 Å². The summed E-state index contributed by atoms with van der Waals surface area (Å²) >= 11 is 3.01. The molecule has 1 aliphatic heterocycles. The fraction of sp³-hybridized carbons (Fsp3) is 0.600. The number of aliphatic hydroxyl groups excluding tert-OH is 1. The molecule has 4 nitrogen and oxygen atoms in total. The second-order valence-electron chi connectivity index (χ2n) is 5.72. The zero-order chi connectivity index (χ0) is 16.1. The van der Waals surface area contributed by atoms with Crippen LogP contribution in [0, 0.1) is 11.6 Å². The van der Waals surface area contributed by atoms with Gasteiger partial charge in [0, 0.05) is 4.47 Å². The molecule has 7 heteroatoms. The van der Waals surface area contributed by atoms with E-state index in [2.05, 4.69) is 22.9 Å². The van der Waals surface area contributed by atoms with Gasteiger partial charge in [-0.1, -0.05) is 15.9 Å². The summed E-state index contributed by atoms with van der Waals surface area (Å²) in [4.78, 5) is 2.89. The Labute approximate surface area is 137 Å². The predicted octanol–water partition coefficient (Wildman–Crippen LogP) is -0.730. The van der Waals surface area contributed by atoms with Crippen molar-refractivity contribution < 1.29 is 28.4 Å². The maximum atomic E-state index is 13.6. The molecule has 1 fully saturated rings. The van der Waals surface area contributed by atoms with Gasteiger partial charge < -0.3 is 19.6 Å². The lowest BCUT2D eigenvalue weighted by Crippen LogP contribution is -3.28. The number of ether oxygens (including phenoxy) is 1. The molecule has 1 aliphatic rings. The molecule has 0 bridgehead atoms. The number of benzene rings is 1. The SMILES string of the molecule is CC[NH+]1CC[NH+](C[C@H](O)COc2c(F)cc(Br)cc2F)CC1. The van der Waals surface area contributed by atoms with Crippen LogP contribution in [0.2, 0.25) is 0 Å². The molecule has 0 amide bonds. The standard InChI is InChI=1S/C15H21BrF2N2O2/c1-2-19-3-5-20(6-4-19)9-12(21)10-22-15-13(17)7-11(16)8-14(15)18/h7-8,12,21H,2-6,9-10H2,1H3/p+2/t12-/m0/s1. The molecule has 0 spiro atoms. The molecule has 1 heterocycles. The van der Waals surface area contributed by atoms with Crippen molar-refractivity contribution in [3.8, 4) is 5.75 Å². The van der Waals surface area contributed by atoms with Crippen molar-refractivity contribution in [1.82, 2.24) is 0 Å². The lowest BCUT2D eigenvalue weighted by molar-refractivity contribution is -1.01. The Bertz CT molecular complexity index is 473. The Morgan fingerprint density at radius 3 is 2.27 bits per heavy atom. The van der Waals surface area contributed by atoms with Crippen LogP contribution in [0.1, 0.15) is 6.92 Å². The summed E-state index contributed by atoms with van der Waals surface area (Å²) in [6, 6.07) is 2.28. The second-order valence-corrected chi connectivity index (χ2v) is 6.64. The van der Waals surface area contributed by atoms with Gasteiger partial charge in [0.05, 0.1) is 6.54 Å². The van der Waals surface area contributed by atoms with E-state index in [1.165, 1.54) is 4.90 Å². The van der Waals surface area contributed by atoms with E-state index in [9.17, 15) is 13.9 Å². The third-order valence-corrected chi connectivity index (χ3v) is 4.53. The van der Waals surface area contributed by atoms with Crippen LogP contribution in [0.15, 0.2) is 16.6 Å². The van der Waals surface area contributed by atoms with Crippen LogP contribution in [-0.2, 0) is 0 Å². The van der Waals surface area contributed by atoms with Gasteiger partial charge in [0.1, 0.15) is 45.4 Å². The van der Waals surface area contributed by atoms with Gasteiger partial charge >= 0.3 is 0 Å². The molecular formula is C15H23BrF2N2O2+2. The highest BCUT2D eigenvalue weighted by molar-refractivity contribution is 9.10. The summed E-state index contributed by atoms with van der Waals surface area (Å²) in [5.74, 6) is -1.98. The molecule has 2 rings (SSSR count). The van der Waals surface area contributed by atoms with E-state index in [0.29, 0.717) is 11.0 Å². The Morgan fingerprint density at radius 1 is 1.18 bits per heavy atom. The van der Waals surface area contributed by atoms with Gasteiger partial charge in [0.25, 0.3) is 0 Å². The van der Waals surface area contributed by atoms with Crippen LogP contribution < -0.4 is 14.5 Å². The molecule has 0 unspecified atom stereocenters. The van der Waals surface area contributed by atoms with E-state index >= 15 is 0 Å². The Balaban J connectivity index is 1.80. The number of aliphatic hydroxyl groups is 1. The van der Waals surface area contributed by atoms with Crippen LogP contribution in [0.4, 0.5) is 8.78 Å². The van der Waals surface area contributed by atoms with Crippen LogP contribution >= 0.6 is 15.9 Å². The van der Waals surface area contributed by atoms with E-state index in [4.69, 9.17) is 4.74 Å².